The molecule has 0 heteroatoms. The van der Waals surface area contributed by atoms with Crippen LogP contribution in [-0.2, 0) is 0 Å². The molecule has 0 aromatic carbocycles. The summed E-state index contributed by atoms with van der Waals surface area (Å²) in [6.07, 6.45) is 9.12. The molecule has 0 aromatic rings. The number of allylic oxidation sites excluding steroid dienone is 2. The van der Waals surface area contributed by atoms with E-state index in [9.17, 15) is 0 Å². The SMILES string of the molecule is CC1=[C]CC[CH]C1. The van der Waals surface area contributed by atoms with Gasteiger partial charge in [0, 0.05) is 0 Å². The molecule has 0 N–H and O–H groups in total. The highest BCUT2D eigenvalue weighted by molar-refractivity contribution is 5.01. The lowest BCUT2D eigenvalue weighted by molar-refractivity contribution is 0.835. The van der Waals surface area contributed by atoms with E-state index in [0.717, 1.165) is 6.42 Å². The Labute approximate surface area is 45.2 Å². The molecule has 0 atom stereocenters. The summed E-state index contributed by atoms with van der Waals surface area (Å²) in [5.74, 6) is 0. The molecule has 1 rings (SSSR count). The third-order valence-corrected chi connectivity index (χ3v) is 1.23. The molecule has 0 heterocycles. The van der Waals surface area contributed by atoms with Crippen LogP contribution in [-0.4, -0.2) is 0 Å². The van der Waals surface area contributed by atoms with E-state index in [1.807, 2.05) is 0 Å². The van der Waals surface area contributed by atoms with Crippen molar-refractivity contribution in [2.45, 2.75) is 26.2 Å². The lowest BCUT2D eigenvalue weighted by atomic mass is 10.0. The first kappa shape index (κ1) is 4.89. The van der Waals surface area contributed by atoms with Gasteiger partial charge in [0.15, 0.2) is 0 Å². The maximum Gasteiger partial charge on any atom is -0.0274 e. The second-order valence-electron chi connectivity index (χ2n) is 1.99. The molecule has 0 spiro atoms. The van der Waals surface area contributed by atoms with Gasteiger partial charge in [0.25, 0.3) is 0 Å². The average Bonchev–Trinajstić information content (AvgIpc) is 1.69. The molecule has 0 amide bonds. The molecule has 7 heavy (non-hydrogen) atoms. The minimum absolute atomic E-state index is 1.14. The van der Waals surface area contributed by atoms with Gasteiger partial charge in [-0.3, -0.25) is 0 Å². The molecule has 0 saturated carbocycles. The van der Waals surface area contributed by atoms with Crippen LogP contribution in [0.3, 0.4) is 0 Å². The first-order valence-corrected chi connectivity index (χ1v) is 2.77. The Balaban J connectivity index is 2.40. The van der Waals surface area contributed by atoms with Crippen molar-refractivity contribution in [1.29, 1.82) is 0 Å². The molecule has 0 aliphatic heterocycles. The fourth-order valence-corrected chi connectivity index (χ4v) is 0.778. The molecular formula is C7H10. The Morgan fingerprint density at radius 2 is 2.57 bits per heavy atom. The molecule has 1 aliphatic rings. The zero-order chi connectivity index (χ0) is 5.11. The lowest BCUT2D eigenvalue weighted by Gasteiger charge is -2.04. The van der Waals surface area contributed by atoms with Crippen molar-refractivity contribution in [3.05, 3.63) is 18.1 Å². The average molecular weight is 94.2 g/mol. The van der Waals surface area contributed by atoms with E-state index >= 15 is 0 Å². The topological polar surface area (TPSA) is 0 Å². The maximum absolute atomic E-state index is 3.27. The Morgan fingerprint density at radius 3 is 2.86 bits per heavy atom. The van der Waals surface area contributed by atoms with Gasteiger partial charge in [-0.1, -0.05) is 5.57 Å². The molecule has 0 aromatic heterocycles. The highest BCUT2D eigenvalue weighted by atomic mass is 14.0. The number of rotatable bonds is 0. The van der Waals surface area contributed by atoms with Gasteiger partial charge >= 0.3 is 0 Å². The van der Waals surface area contributed by atoms with Gasteiger partial charge in [-0.15, -0.1) is 0 Å². The normalized spacial score (nSPS) is 21.6. The van der Waals surface area contributed by atoms with Crippen molar-refractivity contribution in [3.8, 4) is 0 Å². The van der Waals surface area contributed by atoms with Gasteiger partial charge < -0.3 is 0 Å². The zero-order valence-corrected chi connectivity index (χ0v) is 4.70. The van der Waals surface area contributed by atoms with Crippen molar-refractivity contribution in [2.24, 2.45) is 0 Å². The Bertz CT molecular complexity index is 80.0. The summed E-state index contributed by atoms with van der Waals surface area (Å²) in [6, 6.07) is 0. The van der Waals surface area contributed by atoms with E-state index in [4.69, 9.17) is 0 Å². The van der Waals surface area contributed by atoms with Crippen molar-refractivity contribution >= 4 is 0 Å². The Morgan fingerprint density at radius 1 is 1.71 bits per heavy atom. The van der Waals surface area contributed by atoms with Gasteiger partial charge in [-0.05, 0) is 38.7 Å². The van der Waals surface area contributed by atoms with Gasteiger partial charge in [0.1, 0.15) is 0 Å². The van der Waals surface area contributed by atoms with Crippen LogP contribution in [0.25, 0.3) is 0 Å². The summed E-state index contributed by atoms with van der Waals surface area (Å²) in [6.45, 7) is 2.13. The molecule has 1 aliphatic carbocycles. The van der Waals surface area contributed by atoms with Crippen LogP contribution in [0.4, 0.5) is 0 Å². The van der Waals surface area contributed by atoms with Crippen LogP contribution in [0, 0.1) is 12.5 Å². The van der Waals surface area contributed by atoms with Crippen LogP contribution >= 0.6 is 0 Å². The quantitative estimate of drug-likeness (QED) is 0.431. The number of hydrogen-bond acceptors (Lipinski definition) is 0. The smallest absolute Gasteiger partial charge is 0.0274 e. The van der Waals surface area contributed by atoms with Gasteiger partial charge in [-0.25, -0.2) is 0 Å². The van der Waals surface area contributed by atoms with Crippen LogP contribution in [0.5, 0.6) is 0 Å². The van der Waals surface area contributed by atoms with Crippen LogP contribution < -0.4 is 0 Å². The first-order chi connectivity index (χ1) is 3.39. The second kappa shape index (κ2) is 2.15. The Kier molecular flexibility index (Phi) is 1.50. The van der Waals surface area contributed by atoms with E-state index in [0.29, 0.717) is 0 Å². The summed E-state index contributed by atoms with van der Waals surface area (Å²) in [7, 11) is 0. The zero-order valence-electron chi connectivity index (χ0n) is 4.70. The molecular weight excluding hydrogens is 84.1 g/mol. The van der Waals surface area contributed by atoms with E-state index in [1.54, 1.807) is 0 Å². The highest BCUT2D eigenvalue weighted by Gasteiger charge is 1.96. The fourth-order valence-electron chi connectivity index (χ4n) is 0.778. The fraction of sp³-hybridized carbons (Fsp3) is 0.571. The van der Waals surface area contributed by atoms with E-state index in [2.05, 4.69) is 19.4 Å². The number of hydrogen-bond donors (Lipinski definition) is 0. The maximum atomic E-state index is 3.27. The summed E-state index contributed by atoms with van der Waals surface area (Å²) in [5, 5.41) is 0. The van der Waals surface area contributed by atoms with Crippen molar-refractivity contribution in [2.75, 3.05) is 0 Å². The van der Waals surface area contributed by atoms with Gasteiger partial charge in [0.05, 0.1) is 0 Å². The minimum atomic E-state index is 1.14. The third-order valence-electron chi connectivity index (χ3n) is 1.23. The van der Waals surface area contributed by atoms with Crippen molar-refractivity contribution in [3.63, 3.8) is 0 Å². The van der Waals surface area contributed by atoms with Crippen LogP contribution in [0.1, 0.15) is 26.2 Å². The molecule has 2 radical (unpaired) electrons. The molecule has 0 unspecified atom stereocenters. The predicted molar refractivity (Wildman–Crippen MR) is 30.6 cm³/mol. The van der Waals surface area contributed by atoms with E-state index < -0.39 is 0 Å². The van der Waals surface area contributed by atoms with E-state index in [-0.39, 0.29) is 0 Å². The Hall–Kier alpha value is -0.260. The van der Waals surface area contributed by atoms with Crippen LogP contribution in [0.2, 0.25) is 0 Å². The minimum Gasteiger partial charge on any atom is -0.0696 e. The van der Waals surface area contributed by atoms with Gasteiger partial charge in [-0.2, -0.15) is 0 Å². The van der Waals surface area contributed by atoms with Crippen LogP contribution in [0.15, 0.2) is 5.57 Å². The lowest BCUT2D eigenvalue weighted by Crippen LogP contribution is -1.87. The third kappa shape index (κ3) is 1.34. The largest absolute Gasteiger partial charge is 0.0696 e. The molecule has 0 bridgehead atoms. The predicted octanol–water partition coefficient (Wildman–Crippen LogP) is 2.12. The molecule has 0 saturated heterocycles. The standard InChI is InChI=1S/C7H10/c1-7-5-3-2-4-6-7/h3H,2,4-5H2,1H3. The molecule has 0 nitrogen and oxygen atoms in total. The summed E-state index contributed by atoms with van der Waals surface area (Å²) in [5.41, 5.74) is 1.41. The highest BCUT2D eigenvalue weighted by Crippen LogP contribution is 2.13. The van der Waals surface area contributed by atoms with Crippen molar-refractivity contribution in [1.82, 2.24) is 0 Å². The summed E-state index contributed by atoms with van der Waals surface area (Å²) >= 11 is 0. The summed E-state index contributed by atoms with van der Waals surface area (Å²) in [4.78, 5) is 0. The monoisotopic (exact) mass is 94.1 g/mol. The van der Waals surface area contributed by atoms with Gasteiger partial charge in [0.2, 0.25) is 0 Å². The first-order valence-electron chi connectivity index (χ1n) is 2.77. The summed E-state index contributed by atoms with van der Waals surface area (Å²) < 4.78 is 0. The van der Waals surface area contributed by atoms with E-state index in [1.165, 1.54) is 18.4 Å². The second-order valence-corrected chi connectivity index (χ2v) is 1.99. The molecule has 0 fully saturated rings. The van der Waals surface area contributed by atoms with Crippen molar-refractivity contribution < 1.29 is 0 Å². The molecule has 38 valence electrons.